The zero-order valence-corrected chi connectivity index (χ0v) is 64.3. The molecule has 0 radical (unpaired) electrons. The quantitative estimate of drug-likeness (QED) is 0.0169. The fourth-order valence-electron chi connectivity index (χ4n) is 11.0. The lowest BCUT2D eigenvalue weighted by Gasteiger charge is -2.21. The minimum atomic E-state index is -4.97. The second-order valence-corrected chi connectivity index (χ2v) is 29.5. The number of rotatable bonds is 75. The fourth-order valence-corrected chi connectivity index (χ4v) is 12.6. The summed E-state index contributed by atoms with van der Waals surface area (Å²) in [6.07, 6.45) is 70.6. The van der Waals surface area contributed by atoms with Crippen LogP contribution in [0.1, 0.15) is 362 Å². The number of hydrogen-bond acceptors (Lipinski definition) is 15. The van der Waals surface area contributed by atoms with Crippen molar-refractivity contribution in [2.75, 3.05) is 39.6 Å². The number of esters is 4. The van der Waals surface area contributed by atoms with Crippen molar-refractivity contribution in [2.24, 2.45) is 0 Å². The van der Waals surface area contributed by atoms with Gasteiger partial charge in [-0.3, -0.25) is 37.3 Å². The maximum Gasteiger partial charge on any atom is 0.472 e. The second kappa shape index (κ2) is 72.1. The van der Waals surface area contributed by atoms with Crippen LogP contribution in [0.25, 0.3) is 0 Å². The number of phosphoric acid groups is 2. The molecular weight excluding hydrogens is 1280 g/mol. The van der Waals surface area contributed by atoms with Crippen molar-refractivity contribution < 1.29 is 80.2 Å². The Morgan fingerprint density at radius 2 is 0.531 bits per heavy atom. The topological polar surface area (TPSA) is 237 Å². The molecule has 0 saturated carbocycles. The molecule has 0 spiro atoms. The average molecular weight is 1430 g/mol. The molecule has 3 N–H and O–H groups in total. The van der Waals surface area contributed by atoms with Crippen LogP contribution >= 0.6 is 15.6 Å². The van der Waals surface area contributed by atoms with E-state index in [0.717, 1.165) is 141 Å². The summed E-state index contributed by atoms with van der Waals surface area (Å²) in [6.45, 7) is 4.78. The van der Waals surface area contributed by atoms with Gasteiger partial charge in [0.15, 0.2) is 12.2 Å². The highest BCUT2D eigenvalue weighted by atomic mass is 31.2. The first-order valence-electron chi connectivity index (χ1n) is 39.5. The number of ether oxygens (including phenoxy) is 4. The molecule has 0 heterocycles. The van der Waals surface area contributed by atoms with E-state index in [1.165, 1.54) is 141 Å². The Morgan fingerprint density at radius 3 is 0.827 bits per heavy atom. The lowest BCUT2D eigenvalue weighted by Crippen LogP contribution is -2.30. The summed E-state index contributed by atoms with van der Waals surface area (Å²) in [7, 11) is -9.94. The van der Waals surface area contributed by atoms with E-state index in [1.807, 2.05) is 0 Å². The van der Waals surface area contributed by atoms with Gasteiger partial charge in [-0.2, -0.15) is 0 Å². The molecule has 5 unspecified atom stereocenters. The number of carbonyl (C=O) groups excluding carboxylic acids is 4. The molecule has 572 valence electrons. The number of aliphatic hydroxyl groups is 1. The lowest BCUT2D eigenvalue weighted by atomic mass is 10.0. The van der Waals surface area contributed by atoms with Crippen LogP contribution in [-0.4, -0.2) is 96.7 Å². The van der Waals surface area contributed by atoms with Gasteiger partial charge in [-0.1, -0.05) is 307 Å². The third-order valence-corrected chi connectivity index (χ3v) is 18.9. The highest BCUT2D eigenvalue weighted by Crippen LogP contribution is 2.45. The molecule has 0 aromatic heterocycles. The zero-order valence-electron chi connectivity index (χ0n) is 62.5. The zero-order chi connectivity index (χ0) is 71.8. The Bertz CT molecular complexity index is 2100. The minimum Gasteiger partial charge on any atom is -0.462 e. The van der Waals surface area contributed by atoms with Crippen molar-refractivity contribution in [1.29, 1.82) is 0 Å². The van der Waals surface area contributed by atoms with Crippen molar-refractivity contribution in [3.8, 4) is 0 Å². The number of allylic oxidation sites excluding steroid dienone is 10. The van der Waals surface area contributed by atoms with Crippen molar-refractivity contribution in [3.05, 3.63) is 60.8 Å². The summed E-state index contributed by atoms with van der Waals surface area (Å²) >= 11 is 0. The van der Waals surface area contributed by atoms with Crippen LogP contribution in [0.5, 0.6) is 0 Å². The molecule has 19 heteroatoms. The number of unbranched alkanes of at least 4 members (excludes halogenated alkanes) is 39. The van der Waals surface area contributed by atoms with Crippen LogP contribution < -0.4 is 0 Å². The molecule has 0 aliphatic rings. The third-order valence-electron chi connectivity index (χ3n) is 17.0. The van der Waals surface area contributed by atoms with Crippen molar-refractivity contribution in [3.63, 3.8) is 0 Å². The molecule has 0 bridgehead atoms. The summed E-state index contributed by atoms with van der Waals surface area (Å²) in [5.41, 5.74) is 0. The smallest absolute Gasteiger partial charge is 0.462 e. The summed E-state index contributed by atoms with van der Waals surface area (Å²) in [5, 5.41) is 10.6. The molecule has 0 fully saturated rings. The minimum absolute atomic E-state index is 0.0958. The molecule has 0 aromatic rings. The van der Waals surface area contributed by atoms with Crippen molar-refractivity contribution in [1.82, 2.24) is 0 Å². The van der Waals surface area contributed by atoms with E-state index < -0.39 is 97.5 Å². The Kier molecular flexibility index (Phi) is 69.7. The molecular formula is C79H144O17P2. The van der Waals surface area contributed by atoms with Crippen LogP contribution in [-0.2, 0) is 65.4 Å². The molecule has 0 aliphatic carbocycles. The predicted molar refractivity (Wildman–Crippen MR) is 400 cm³/mol. The third kappa shape index (κ3) is 71.2. The van der Waals surface area contributed by atoms with Gasteiger partial charge in [0.1, 0.15) is 19.3 Å². The van der Waals surface area contributed by atoms with Crippen molar-refractivity contribution in [2.45, 2.75) is 380 Å². The number of aliphatic hydroxyl groups excluding tert-OH is 1. The molecule has 0 rings (SSSR count). The first-order valence-corrected chi connectivity index (χ1v) is 42.5. The van der Waals surface area contributed by atoms with Crippen LogP contribution in [0.4, 0.5) is 0 Å². The van der Waals surface area contributed by atoms with Crippen LogP contribution in [0, 0.1) is 0 Å². The van der Waals surface area contributed by atoms with Gasteiger partial charge >= 0.3 is 39.5 Å². The Hall–Kier alpha value is -3.24. The van der Waals surface area contributed by atoms with E-state index in [2.05, 4.69) is 88.5 Å². The molecule has 0 aromatic carbocycles. The van der Waals surface area contributed by atoms with E-state index in [9.17, 15) is 43.2 Å². The molecule has 0 aliphatic heterocycles. The first-order chi connectivity index (χ1) is 47.7. The van der Waals surface area contributed by atoms with Crippen LogP contribution in [0.3, 0.4) is 0 Å². The largest absolute Gasteiger partial charge is 0.472 e. The number of phosphoric ester groups is 2. The van der Waals surface area contributed by atoms with E-state index >= 15 is 0 Å². The normalized spacial score (nSPS) is 14.2. The summed E-state index contributed by atoms with van der Waals surface area (Å²) < 4.78 is 68.5. The van der Waals surface area contributed by atoms with Crippen LogP contribution in [0.2, 0.25) is 0 Å². The molecule has 17 nitrogen and oxygen atoms in total. The first kappa shape index (κ1) is 94.8. The van der Waals surface area contributed by atoms with Gasteiger partial charge in [0, 0.05) is 25.7 Å². The van der Waals surface area contributed by atoms with Gasteiger partial charge in [-0.25, -0.2) is 9.13 Å². The molecule has 5 atom stereocenters. The summed E-state index contributed by atoms with van der Waals surface area (Å²) in [5.74, 6) is -2.17. The van der Waals surface area contributed by atoms with Crippen LogP contribution in [0.15, 0.2) is 60.8 Å². The Balaban J connectivity index is 5.31. The highest BCUT2D eigenvalue weighted by molar-refractivity contribution is 7.47. The van der Waals surface area contributed by atoms with E-state index in [4.69, 9.17) is 37.0 Å². The molecule has 0 saturated heterocycles. The van der Waals surface area contributed by atoms with Gasteiger partial charge in [-0.05, 0) is 89.9 Å². The van der Waals surface area contributed by atoms with E-state index in [1.54, 1.807) is 0 Å². The van der Waals surface area contributed by atoms with Gasteiger partial charge in [0.25, 0.3) is 0 Å². The average Bonchev–Trinajstić information content (AvgIpc) is 0.986. The van der Waals surface area contributed by atoms with Gasteiger partial charge in [0.05, 0.1) is 26.4 Å². The van der Waals surface area contributed by atoms with Gasteiger partial charge in [-0.15, -0.1) is 0 Å². The maximum absolute atomic E-state index is 13.1. The Labute approximate surface area is 597 Å². The van der Waals surface area contributed by atoms with Gasteiger partial charge < -0.3 is 33.8 Å². The monoisotopic (exact) mass is 1430 g/mol. The summed E-state index contributed by atoms with van der Waals surface area (Å²) in [4.78, 5) is 72.9. The highest BCUT2D eigenvalue weighted by Gasteiger charge is 2.30. The van der Waals surface area contributed by atoms with E-state index in [0.29, 0.717) is 25.7 Å². The Morgan fingerprint density at radius 1 is 0.296 bits per heavy atom. The fraction of sp³-hybridized carbons (Fsp3) is 0.823. The SMILES string of the molecule is CC/C=C\C/C=C\C/C=C\C/C=C\CCCCCCC(=O)OCC(COP(=O)(O)OCC(O)COP(=O)(O)OCC(COC(=O)CCCCCCC/C=C\CCCCCCCC)OC(=O)CCCCCCCCCCCCC)OC(=O)CCCCCCCCCCCCCCCCC. The van der Waals surface area contributed by atoms with E-state index in [-0.39, 0.29) is 25.7 Å². The maximum atomic E-state index is 13.1. The lowest BCUT2D eigenvalue weighted by molar-refractivity contribution is -0.161. The van der Waals surface area contributed by atoms with Crippen molar-refractivity contribution >= 4 is 39.5 Å². The number of carbonyl (C=O) groups is 4. The standard InChI is InChI=1S/C79H144O17P2/c1-5-9-13-17-21-25-29-32-35-36-39-41-45-48-52-56-60-64-77(82)90-70-75(96-79(84)66-62-58-54-50-46-42-38-34-31-27-23-19-15-11-7-3)72-94-98(87,88)92-68-73(80)67-91-97(85,86)93-71-74(95-78(83)65-61-57-53-49-43-28-24-20-16-12-8-4)69-89-76(81)63-59-55-51-47-44-40-37-33-30-26-22-18-14-10-6-2/h9,13,21,25,32-33,35,37,39,41,73-75,80H,5-8,10-12,14-20,22-24,26-31,34,36,38,40,42-72H2,1-4H3,(H,85,86)(H,87,88)/b13-9-,25-21-,35-32-,37-33-,41-39-. The molecule has 98 heavy (non-hydrogen) atoms. The second-order valence-electron chi connectivity index (χ2n) is 26.6. The molecule has 0 amide bonds. The number of hydrogen-bond donors (Lipinski definition) is 3. The predicted octanol–water partition coefficient (Wildman–Crippen LogP) is 22.7. The summed E-state index contributed by atoms with van der Waals surface area (Å²) in [6, 6.07) is 0. The van der Waals surface area contributed by atoms with Gasteiger partial charge in [0.2, 0.25) is 0 Å².